The van der Waals surface area contributed by atoms with Gasteiger partial charge in [-0.05, 0) is 25.3 Å². The SMILES string of the molecule is CCCCCCCCCNC(CO)CC(C)C. The van der Waals surface area contributed by atoms with Crippen LogP contribution in [0.5, 0.6) is 0 Å². The van der Waals surface area contributed by atoms with Gasteiger partial charge < -0.3 is 10.4 Å². The highest BCUT2D eigenvalue weighted by molar-refractivity contribution is 4.67. The van der Waals surface area contributed by atoms with Gasteiger partial charge in [0, 0.05) is 6.04 Å². The van der Waals surface area contributed by atoms with Crippen LogP contribution in [-0.4, -0.2) is 24.3 Å². The van der Waals surface area contributed by atoms with Crippen molar-refractivity contribution in [3.63, 3.8) is 0 Å². The van der Waals surface area contributed by atoms with E-state index in [-0.39, 0.29) is 6.61 Å². The molecule has 0 heterocycles. The predicted octanol–water partition coefficient (Wildman–Crippen LogP) is 3.73. The standard InChI is InChI=1S/C15H33NO/c1-4-5-6-7-8-9-10-11-16-15(13-17)12-14(2)3/h14-17H,4-13H2,1-3H3. The number of nitrogens with one attached hydrogen (secondary N) is 1. The first-order valence-electron chi connectivity index (χ1n) is 7.55. The molecule has 17 heavy (non-hydrogen) atoms. The fourth-order valence-corrected chi connectivity index (χ4v) is 2.18. The van der Waals surface area contributed by atoms with Gasteiger partial charge in [0.1, 0.15) is 0 Å². The molecule has 0 spiro atoms. The summed E-state index contributed by atoms with van der Waals surface area (Å²) in [4.78, 5) is 0. The predicted molar refractivity (Wildman–Crippen MR) is 76.3 cm³/mol. The number of unbranched alkanes of at least 4 members (excludes halogenated alkanes) is 6. The van der Waals surface area contributed by atoms with Crippen molar-refractivity contribution in [2.75, 3.05) is 13.2 Å². The van der Waals surface area contributed by atoms with E-state index in [1.165, 1.54) is 44.9 Å². The second kappa shape index (κ2) is 12.4. The molecule has 0 rings (SSSR count). The van der Waals surface area contributed by atoms with Crippen LogP contribution in [0.3, 0.4) is 0 Å². The first kappa shape index (κ1) is 16.9. The van der Waals surface area contributed by atoms with Gasteiger partial charge in [0.25, 0.3) is 0 Å². The molecule has 0 amide bonds. The van der Waals surface area contributed by atoms with Gasteiger partial charge in [-0.25, -0.2) is 0 Å². The van der Waals surface area contributed by atoms with Crippen molar-refractivity contribution in [3.05, 3.63) is 0 Å². The van der Waals surface area contributed by atoms with Crippen LogP contribution in [0.25, 0.3) is 0 Å². The van der Waals surface area contributed by atoms with E-state index in [2.05, 4.69) is 26.1 Å². The highest BCUT2D eigenvalue weighted by Gasteiger charge is 2.07. The van der Waals surface area contributed by atoms with Gasteiger partial charge in [-0.1, -0.05) is 59.3 Å². The lowest BCUT2D eigenvalue weighted by Crippen LogP contribution is -2.34. The van der Waals surface area contributed by atoms with Crippen LogP contribution in [0.4, 0.5) is 0 Å². The largest absolute Gasteiger partial charge is 0.395 e. The molecule has 0 aliphatic carbocycles. The number of rotatable bonds is 12. The molecule has 0 saturated carbocycles. The number of aliphatic hydroxyl groups is 1. The molecule has 104 valence electrons. The van der Waals surface area contributed by atoms with Gasteiger partial charge in [0.05, 0.1) is 6.61 Å². The second-order valence-electron chi connectivity index (χ2n) is 5.58. The lowest BCUT2D eigenvalue weighted by Gasteiger charge is -2.18. The fraction of sp³-hybridized carbons (Fsp3) is 1.00. The van der Waals surface area contributed by atoms with Crippen molar-refractivity contribution in [2.45, 2.75) is 78.2 Å². The third-order valence-corrected chi connectivity index (χ3v) is 3.19. The van der Waals surface area contributed by atoms with Gasteiger partial charge in [0.15, 0.2) is 0 Å². The summed E-state index contributed by atoms with van der Waals surface area (Å²) in [5, 5.41) is 12.7. The average molecular weight is 243 g/mol. The lowest BCUT2D eigenvalue weighted by molar-refractivity contribution is 0.224. The van der Waals surface area contributed by atoms with Crippen LogP contribution in [0.1, 0.15) is 72.1 Å². The lowest BCUT2D eigenvalue weighted by atomic mass is 10.0. The van der Waals surface area contributed by atoms with Crippen LogP contribution < -0.4 is 5.32 Å². The molecule has 0 aliphatic heterocycles. The number of aliphatic hydroxyl groups excluding tert-OH is 1. The Kier molecular flexibility index (Phi) is 12.3. The topological polar surface area (TPSA) is 32.3 Å². The van der Waals surface area contributed by atoms with Crippen LogP contribution in [0.15, 0.2) is 0 Å². The van der Waals surface area contributed by atoms with Crippen molar-refractivity contribution in [1.82, 2.24) is 5.32 Å². The van der Waals surface area contributed by atoms with Gasteiger partial charge >= 0.3 is 0 Å². The third-order valence-electron chi connectivity index (χ3n) is 3.19. The molecule has 0 aliphatic rings. The Labute approximate surface area is 108 Å². The molecular formula is C15H33NO. The Morgan fingerprint density at radius 3 is 2.06 bits per heavy atom. The maximum Gasteiger partial charge on any atom is 0.0584 e. The fourth-order valence-electron chi connectivity index (χ4n) is 2.18. The smallest absolute Gasteiger partial charge is 0.0584 e. The molecule has 2 heteroatoms. The highest BCUT2D eigenvalue weighted by atomic mass is 16.3. The molecule has 0 radical (unpaired) electrons. The second-order valence-corrected chi connectivity index (χ2v) is 5.58. The highest BCUT2D eigenvalue weighted by Crippen LogP contribution is 2.07. The van der Waals surface area contributed by atoms with E-state index in [1.54, 1.807) is 0 Å². The summed E-state index contributed by atoms with van der Waals surface area (Å²) in [7, 11) is 0. The first-order chi connectivity index (χ1) is 8.20. The molecule has 0 saturated heterocycles. The van der Waals surface area contributed by atoms with Gasteiger partial charge in [0.2, 0.25) is 0 Å². The normalized spacial score (nSPS) is 13.2. The Balaban J connectivity index is 3.25. The van der Waals surface area contributed by atoms with E-state index in [9.17, 15) is 5.11 Å². The molecule has 0 bridgehead atoms. The summed E-state index contributed by atoms with van der Waals surface area (Å²) in [5.41, 5.74) is 0. The minimum atomic E-state index is 0.272. The zero-order chi connectivity index (χ0) is 12.9. The van der Waals surface area contributed by atoms with E-state index in [0.717, 1.165) is 13.0 Å². The van der Waals surface area contributed by atoms with Gasteiger partial charge in [-0.3, -0.25) is 0 Å². The molecular weight excluding hydrogens is 210 g/mol. The van der Waals surface area contributed by atoms with Crippen LogP contribution in [-0.2, 0) is 0 Å². The van der Waals surface area contributed by atoms with E-state index in [1.807, 2.05) is 0 Å². The van der Waals surface area contributed by atoms with Gasteiger partial charge in [-0.15, -0.1) is 0 Å². The average Bonchev–Trinajstić information content (AvgIpc) is 2.30. The van der Waals surface area contributed by atoms with Crippen molar-refractivity contribution < 1.29 is 5.11 Å². The van der Waals surface area contributed by atoms with Crippen LogP contribution >= 0.6 is 0 Å². The van der Waals surface area contributed by atoms with Crippen molar-refractivity contribution >= 4 is 0 Å². The zero-order valence-electron chi connectivity index (χ0n) is 12.2. The van der Waals surface area contributed by atoms with Crippen molar-refractivity contribution in [3.8, 4) is 0 Å². The molecule has 2 nitrogen and oxygen atoms in total. The Hall–Kier alpha value is -0.0800. The molecule has 0 aromatic rings. The molecule has 0 aromatic heterocycles. The molecule has 1 unspecified atom stereocenters. The molecule has 2 N–H and O–H groups in total. The van der Waals surface area contributed by atoms with E-state index >= 15 is 0 Å². The van der Waals surface area contributed by atoms with E-state index in [4.69, 9.17) is 0 Å². The summed E-state index contributed by atoms with van der Waals surface area (Å²) >= 11 is 0. The summed E-state index contributed by atoms with van der Waals surface area (Å²) in [6, 6.07) is 0.301. The van der Waals surface area contributed by atoms with E-state index < -0.39 is 0 Å². The minimum Gasteiger partial charge on any atom is -0.395 e. The molecule has 0 aromatic carbocycles. The van der Waals surface area contributed by atoms with E-state index in [0.29, 0.717) is 12.0 Å². The summed E-state index contributed by atoms with van der Waals surface area (Å²) in [6.45, 7) is 8.00. The summed E-state index contributed by atoms with van der Waals surface area (Å²) in [5.74, 6) is 0.661. The summed E-state index contributed by atoms with van der Waals surface area (Å²) in [6.07, 6.45) is 10.5. The Morgan fingerprint density at radius 1 is 0.941 bits per heavy atom. The molecule has 1 atom stereocenters. The van der Waals surface area contributed by atoms with Crippen LogP contribution in [0, 0.1) is 5.92 Å². The van der Waals surface area contributed by atoms with Gasteiger partial charge in [-0.2, -0.15) is 0 Å². The third kappa shape index (κ3) is 12.2. The van der Waals surface area contributed by atoms with Crippen molar-refractivity contribution in [2.24, 2.45) is 5.92 Å². The summed E-state index contributed by atoms with van der Waals surface area (Å²) < 4.78 is 0. The number of hydrogen-bond acceptors (Lipinski definition) is 2. The maximum atomic E-state index is 9.21. The quantitative estimate of drug-likeness (QED) is 0.512. The zero-order valence-corrected chi connectivity index (χ0v) is 12.2. The minimum absolute atomic E-state index is 0.272. The first-order valence-corrected chi connectivity index (χ1v) is 7.55. The molecule has 0 fully saturated rings. The maximum absolute atomic E-state index is 9.21. The van der Waals surface area contributed by atoms with Crippen LogP contribution in [0.2, 0.25) is 0 Å². The number of hydrogen-bond donors (Lipinski definition) is 2. The Bertz CT molecular complexity index is 148. The van der Waals surface area contributed by atoms with Crippen molar-refractivity contribution in [1.29, 1.82) is 0 Å². The monoisotopic (exact) mass is 243 g/mol. The Morgan fingerprint density at radius 2 is 1.53 bits per heavy atom.